The molecular formula is C15H20N2O. The van der Waals surface area contributed by atoms with Crippen LogP contribution >= 0.6 is 0 Å². The zero-order valence-corrected chi connectivity index (χ0v) is 11.3. The van der Waals surface area contributed by atoms with Crippen LogP contribution in [-0.2, 0) is 7.05 Å². The Morgan fingerprint density at radius 3 is 2.89 bits per heavy atom. The monoisotopic (exact) mass is 244 g/mol. The molecule has 0 amide bonds. The summed E-state index contributed by atoms with van der Waals surface area (Å²) in [5, 5.41) is 4.84. The molecule has 1 fully saturated rings. The molecule has 3 heteroatoms. The predicted molar refractivity (Wildman–Crippen MR) is 74.4 cm³/mol. The Bertz CT molecular complexity index is 580. The fraction of sp³-hybridized carbons (Fsp3) is 0.467. The summed E-state index contributed by atoms with van der Waals surface area (Å²) >= 11 is 0. The first kappa shape index (κ1) is 11.6. The number of rotatable bonds is 2. The summed E-state index contributed by atoms with van der Waals surface area (Å²) in [7, 11) is 3.86. The second-order valence-corrected chi connectivity index (χ2v) is 5.13. The van der Waals surface area contributed by atoms with E-state index >= 15 is 0 Å². The molecule has 1 aliphatic rings. The summed E-state index contributed by atoms with van der Waals surface area (Å²) in [5.41, 5.74) is 4.17. The van der Waals surface area contributed by atoms with Crippen LogP contribution in [0.2, 0.25) is 0 Å². The summed E-state index contributed by atoms with van der Waals surface area (Å²) in [5.74, 6) is 1.58. The molecule has 0 saturated carbocycles. The fourth-order valence-electron chi connectivity index (χ4n) is 3.12. The zero-order valence-electron chi connectivity index (χ0n) is 11.3. The summed E-state index contributed by atoms with van der Waals surface area (Å²) in [6.45, 7) is 4.46. The van der Waals surface area contributed by atoms with E-state index in [-0.39, 0.29) is 0 Å². The lowest BCUT2D eigenvalue weighted by molar-refractivity contribution is 0.415. The second kappa shape index (κ2) is 4.32. The van der Waals surface area contributed by atoms with Gasteiger partial charge in [-0.15, -0.1) is 0 Å². The molecule has 0 bridgehead atoms. The minimum atomic E-state index is 0.655. The minimum Gasteiger partial charge on any atom is -0.497 e. The van der Waals surface area contributed by atoms with Crippen molar-refractivity contribution in [2.75, 3.05) is 20.2 Å². The Kier molecular flexibility index (Phi) is 2.78. The lowest BCUT2D eigenvalue weighted by Gasteiger charge is -2.09. The van der Waals surface area contributed by atoms with Crippen molar-refractivity contribution in [1.82, 2.24) is 9.88 Å². The van der Waals surface area contributed by atoms with Crippen LogP contribution in [-0.4, -0.2) is 24.8 Å². The Balaban J connectivity index is 2.21. The van der Waals surface area contributed by atoms with Gasteiger partial charge in [0.15, 0.2) is 0 Å². The van der Waals surface area contributed by atoms with Gasteiger partial charge in [-0.25, -0.2) is 0 Å². The molecule has 1 saturated heterocycles. The van der Waals surface area contributed by atoms with Crippen molar-refractivity contribution in [1.29, 1.82) is 0 Å². The molecule has 1 unspecified atom stereocenters. The summed E-state index contributed by atoms with van der Waals surface area (Å²) in [4.78, 5) is 0. The molecule has 1 aromatic carbocycles. The number of nitrogens with one attached hydrogen (secondary N) is 1. The average Bonchev–Trinajstić information content (AvgIpc) is 2.98. The fourth-order valence-corrected chi connectivity index (χ4v) is 3.12. The smallest absolute Gasteiger partial charge is 0.120 e. The highest BCUT2D eigenvalue weighted by Gasteiger charge is 2.23. The van der Waals surface area contributed by atoms with Crippen LogP contribution in [0.3, 0.4) is 0 Å². The molecule has 1 atom stereocenters. The van der Waals surface area contributed by atoms with Crippen molar-refractivity contribution in [3.8, 4) is 5.75 Å². The third-order valence-corrected chi connectivity index (χ3v) is 4.22. The van der Waals surface area contributed by atoms with Crippen LogP contribution in [0, 0.1) is 6.92 Å². The first-order valence-electron chi connectivity index (χ1n) is 6.56. The molecule has 2 heterocycles. The molecule has 0 radical (unpaired) electrons. The van der Waals surface area contributed by atoms with E-state index in [1.54, 1.807) is 7.11 Å². The highest BCUT2D eigenvalue weighted by Crippen LogP contribution is 2.35. The molecule has 1 aliphatic heterocycles. The van der Waals surface area contributed by atoms with Crippen molar-refractivity contribution in [3.63, 3.8) is 0 Å². The van der Waals surface area contributed by atoms with E-state index in [9.17, 15) is 0 Å². The van der Waals surface area contributed by atoms with Crippen LogP contribution in [0.15, 0.2) is 18.2 Å². The minimum absolute atomic E-state index is 0.655. The quantitative estimate of drug-likeness (QED) is 0.878. The van der Waals surface area contributed by atoms with Gasteiger partial charge in [0.05, 0.1) is 12.6 Å². The van der Waals surface area contributed by atoms with Crippen molar-refractivity contribution >= 4 is 10.9 Å². The molecule has 3 rings (SSSR count). The summed E-state index contributed by atoms with van der Waals surface area (Å²) < 4.78 is 7.61. The number of ether oxygens (including phenoxy) is 1. The van der Waals surface area contributed by atoms with Gasteiger partial charge in [-0.3, -0.25) is 0 Å². The molecule has 0 aliphatic carbocycles. The van der Waals surface area contributed by atoms with Crippen molar-refractivity contribution in [2.24, 2.45) is 7.05 Å². The molecule has 1 aromatic heterocycles. The SMILES string of the molecule is COc1ccc2c(C3CCNC3)c(C)n(C)c2c1. The third-order valence-electron chi connectivity index (χ3n) is 4.22. The summed E-state index contributed by atoms with van der Waals surface area (Å²) in [6.07, 6.45) is 1.24. The Morgan fingerprint density at radius 1 is 1.39 bits per heavy atom. The average molecular weight is 244 g/mol. The number of nitrogens with zero attached hydrogens (tertiary/aromatic N) is 1. The van der Waals surface area contributed by atoms with E-state index in [0.717, 1.165) is 18.8 Å². The molecule has 3 nitrogen and oxygen atoms in total. The molecule has 96 valence electrons. The van der Waals surface area contributed by atoms with Crippen LogP contribution < -0.4 is 10.1 Å². The van der Waals surface area contributed by atoms with Crippen molar-refractivity contribution < 1.29 is 4.74 Å². The van der Waals surface area contributed by atoms with Crippen LogP contribution in [0.1, 0.15) is 23.6 Å². The maximum Gasteiger partial charge on any atom is 0.120 e. The van der Waals surface area contributed by atoms with Gasteiger partial charge < -0.3 is 14.6 Å². The van der Waals surface area contributed by atoms with E-state index in [0.29, 0.717) is 5.92 Å². The number of hydrogen-bond acceptors (Lipinski definition) is 2. The molecule has 18 heavy (non-hydrogen) atoms. The predicted octanol–water partition coefficient (Wildman–Crippen LogP) is 2.57. The van der Waals surface area contributed by atoms with E-state index in [4.69, 9.17) is 4.74 Å². The first-order valence-corrected chi connectivity index (χ1v) is 6.56. The topological polar surface area (TPSA) is 26.2 Å². The number of aryl methyl sites for hydroxylation is 1. The van der Waals surface area contributed by atoms with E-state index in [1.165, 1.54) is 28.6 Å². The number of fused-ring (bicyclic) bond motifs is 1. The van der Waals surface area contributed by atoms with Crippen molar-refractivity contribution in [2.45, 2.75) is 19.3 Å². The molecule has 0 spiro atoms. The van der Waals surface area contributed by atoms with Gasteiger partial charge in [0.1, 0.15) is 5.75 Å². The van der Waals surface area contributed by atoms with Gasteiger partial charge in [-0.05, 0) is 43.5 Å². The summed E-state index contributed by atoms with van der Waals surface area (Å²) in [6, 6.07) is 6.40. The number of aromatic nitrogens is 1. The zero-order chi connectivity index (χ0) is 12.7. The lowest BCUT2D eigenvalue weighted by atomic mass is 9.95. The number of methoxy groups -OCH3 is 1. The second-order valence-electron chi connectivity index (χ2n) is 5.13. The normalized spacial score (nSPS) is 19.6. The maximum absolute atomic E-state index is 5.33. The third kappa shape index (κ3) is 1.62. The standard InChI is InChI=1S/C15H20N2O/c1-10-15(11-6-7-16-9-11)13-5-4-12(18-3)8-14(13)17(10)2/h4-5,8,11,16H,6-7,9H2,1-3H3. The van der Waals surface area contributed by atoms with Gasteiger partial charge in [0.25, 0.3) is 0 Å². The van der Waals surface area contributed by atoms with Crippen LogP contribution in [0.5, 0.6) is 5.75 Å². The molecule has 2 aromatic rings. The van der Waals surface area contributed by atoms with Gasteiger partial charge in [0, 0.05) is 30.7 Å². The van der Waals surface area contributed by atoms with E-state index < -0.39 is 0 Å². The van der Waals surface area contributed by atoms with Crippen molar-refractivity contribution in [3.05, 3.63) is 29.5 Å². The lowest BCUT2D eigenvalue weighted by Crippen LogP contribution is -2.08. The maximum atomic E-state index is 5.33. The van der Waals surface area contributed by atoms with Gasteiger partial charge in [-0.2, -0.15) is 0 Å². The van der Waals surface area contributed by atoms with Gasteiger partial charge in [-0.1, -0.05) is 0 Å². The number of hydrogen-bond donors (Lipinski definition) is 1. The Morgan fingerprint density at radius 2 is 2.22 bits per heavy atom. The number of benzene rings is 1. The molecular weight excluding hydrogens is 224 g/mol. The van der Waals surface area contributed by atoms with E-state index in [1.807, 2.05) is 0 Å². The highest BCUT2D eigenvalue weighted by atomic mass is 16.5. The van der Waals surface area contributed by atoms with Gasteiger partial charge in [0.2, 0.25) is 0 Å². The highest BCUT2D eigenvalue weighted by molar-refractivity contribution is 5.87. The van der Waals surface area contributed by atoms with Crippen LogP contribution in [0.4, 0.5) is 0 Å². The first-order chi connectivity index (χ1) is 8.72. The Hall–Kier alpha value is -1.48. The largest absolute Gasteiger partial charge is 0.497 e. The Labute approximate surface area is 108 Å². The molecule has 1 N–H and O–H groups in total. The van der Waals surface area contributed by atoms with E-state index in [2.05, 4.69) is 42.1 Å². The van der Waals surface area contributed by atoms with Gasteiger partial charge >= 0.3 is 0 Å². The van der Waals surface area contributed by atoms with Crippen LogP contribution in [0.25, 0.3) is 10.9 Å².